The van der Waals surface area contributed by atoms with E-state index in [-0.39, 0.29) is 10.8 Å². The lowest BCUT2D eigenvalue weighted by atomic mass is 9.70. The Kier molecular flexibility index (Phi) is 4.63. The third-order valence-corrected chi connectivity index (χ3v) is 6.00. The fourth-order valence-electron chi connectivity index (χ4n) is 2.87. The van der Waals surface area contributed by atoms with Crippen LogP contribution in [0.15, 0.2) is 18.2 Å². The van der Waals surface area contributed by atoms with E-state index in [1.54, 1.807) is 0 Å². The van der Waals surface area contributed by atoms with Crippen LogP contribution in [0.3, 0.4) is 0 Å². The van der Waals surface area contributed by atoms with Crippen LogP contribution in [0.1, 0.15) is 65.5 Å². The van der Waals surface area contributed by atoms with Gasteiger partial charge in [-0.3, -0.25) is 0 Å². The summed E-state index contributed by atoms with van der Waals surface area (Å²) in [6, 6.07) is 6.93. The van der Waals surface area contributed by atoms with Gasteiger partial charge in [-0.05, 0) is 49.7 Å². The van der Waals surface area contributed by atoms with Gasteiger partial charge < -0.3 is 4.65 Å². The zero-order valence-corrected chi connectivity index (χ0v) is 15.7. The van der Waals surface area contributed by atoms with Crippen LogP contribution in [0.4, 0.5) is 0 Å². The molecule has 0 spiro atoms. The quantitative estimate of drug-likeness (QED) is 0.608. The normalized spacial score (nSPS) is 18.2. The molecular formula is C18H30BOP. The van der Waals surface area contributed by atoms with E-state index >= 15 is 0 Å². The van der Waals surface area contributed by atoms with Gasteiger partial charge in [0.25, 0.3) is 0 Å². The lowest BCUT2D eigenvalue weighted by Crippen LogP contribution is -2.45. The maximum absolute atomic E-state index is 6.22. The largest absolute Gasteiger partial charge is 0.429 e. The zero-order chi connectivity index (χ0) is 15.9. The molecule has 0 aliphatic heterocycles. The predicted molar refractivity (Wildman–Crippen MR) is 98.1 cm³/mol. The number of hydrogen-bond donors (Lipinski definition) is 0. The summed E-state index contributed by atoms with van der Waals surface area (Å²) in [4.78, 5) is 0. The van der Waals surface area contributed by atoms with Crippen LogP contribution < -0.4 is 5.46 Å². The van der Waals surface area contributed by atoms with E-state index in [0.717, 1.165) is 0 Å². The Morgan fingerprint density at radius 3 is 2.48 bits per heavy atom. The summed E-state index contributed by atoms with van der Waals surface area (Å²) in [6.45, 7) is 13.5. The Morgan fingerprint density at radius 1 is 1.19 bits per heavy atom. The van der Waals surface area contributed by atoms with Crippen LogP contribution in [0.2, 0.25) is 0 Å². The molecule has 1 aromatic rings. The van der Waals surface area contributed by atoms with E-state index < -0.39 is 0 Å². The lowest BCUT2D eigenvalue weighted by molar-refractivity contribution is 0.0841. The van der Waals surface area contributed by atoms with Gasteiger partial charge in [0.05, 0.1) is 5.60 Å². The molecule has 0 fully saturated rings. The molecule has 1 atom stereocenters. The average molecular weight is 304 g/mol. The fraction of sp³-hybridized carbons (Fsp3) is 0.667. The van der Waals surface area contributed by atoms with E-state index in [4.69, 9.17) is 4.65 Å². The fourth-order valence-corrected chi connectivity index (χ4v) is 2.95. The van der Waals surface area contributed by atoms with Gasteiger partial charge in [-0.25, -0.2) is 0 Å². The Hall–Kier alpha value is -0.325. The molecule has 1 aromatic carbocycles. The Morgan fingerprint density at radius 2 is 1.86 bits per heavy atom. The predicted octanol–water partition coefficient (Wildman–Crippen LogP) is 3.73. The second-order valence-corrected chi connectivity index (χ2v) is 9.69. The second-order valence-electron chi connectivity index (χ2n) is 8.25. The highest BCUT2D eigenvalue weighted by molar-refractivity contribution is 7.19. The van der Waals surface area contributed by atoms with Gasteiger partial charge in [0.1, 0.15) is 0 Å². The third-order valence-electron chi connectivity index (χ3n) is 5.30. The van der Waals surface area contributed by atoms with Crippen LogP contribution >= 0.6 is 9.24 Å². The molecule has 2 rings (SSSR count). The van der Waals surface area contributed by atoms with Crippen LogP contribution in [-0.4, -0.2) is 18.2 Å². The lowest BCUT2D eigenvalue weighted by Gasteiger charge is -2.39. The van der Waals surface area contributed by atoms with E-state index in [9.17, 15) is 0 Å². The molecule has 0 radical (unpaired) electrons. The van der Waals surface area contributed by atoms with Crippen molar-refractivity contribution in [3.8, 4) is 0 Å². The van der Waals surface area contributed by atoms with Gasteiger partial charge in [-0.1, -0.05) is 51.4 Å². The monoisotopic (exact) mass is 304 g/mol. The van der Waals surface area contributed by atoms with Crippen molar-refractivity contribution >= 4 is 22.2 Å². The maximum Gasteiger partial charge on any atom is 0.309 e. The third kappa shape index (κ3) is 3.72. The SMILES string of the molecule is CC1(C)CCCc2ccc(BOC(C)(C)C(C)(C)P)cc21. The first-order chi connectivity index (χ1) is 9.53. The summed E-state index contributed by atoms with van der Waals surface area (Å²) >= 11 is 0. The molecule has 0 saturated carbocycles. The molecule has 0 amide bonds. The highest BCUT2D eigenvalue weighted by Gasteiger charge is 2.34. The Labute approximate surface area is 133 Å². The molecule has 3 heteroatoms. The first-order valence-electron chi connectivity index (χ1n) is 8.08. The smallest absolute Gasteiger partial charge is 0.309 e. The minimum absolute atomic E-state index is 0.0560. The Bertz CT molecular complexity index is 514. The summed E-state index contributed by atoms with van der Waals surface area (Å²) < 4.78 is 6.22. The van der Waals surface area contributed by atoms with Gasteiger partial charge in [-0.15, -0.1) is 9.24 Å². The van der Waals surface area contributed by atoms with Gasteiger partial charge in [0.2, 0.25) is 0 Å². The molecule has 1 aliphatic carbocycles. The molecular weight excluding hydrogens is 274 g/mol. The van der Waals surface area contributed by atoms with E-state index in [1.807, 2.05) is 0 Å². The summed E-state index contributed by atoms with van der Waals surface area (Å²) in [7, 11) is 3.59. The van der Waals surface area contributed by atoms with Gasteiger partial charge in [-0.2, -0.15) is 0 Å². The number of rotatable bonds is 4. The first kappa shape index (κ1) is 17.0. The topological polar surface area (TPSA) is 9.23 Å². The van der Waals surface area contributed by atoms with Crippen LogP contribution in [0.25, 0.3) is 0 Å². The van der Waals surface area contributed by atoms with Crippen LogP contribution in [0, 0.1) is 0 Å². The summed E-state index contributed by atoms with van der Waals surface area (Å²) in [5, 5.41) is 0.0560. The van der Waals surface area contributed by atoms with E-state index in [0.29, 0.717) is 12.9 Å². The summed E-state index contributed by atoms with van der Waals surface area (Å²) in [6.07, 6.45) is 3.82. The van der Waals surface area contributed by atoms with Crippen LogP contribution in [-0.2, 0) is 16.5 Å². The van der Waals surface area contributed by atoms with Crippen molar-refractivity contribution < 1.29 is 4.65 Å². The first-order valence-corrected chi connectivity index (χ1v) is 8.66. The molecule has 0 heterocycles. The average Bonchev–Trinajstić information content (AvgIpc) is 2.35. The molecule has 0 aromatic heterocycles. The van der Waals surface area contributed by atoms with Crippen molar-refractivity contribution in [2.75, 3.05) is 0 Å². The second kappa shape index (κ2) is 5.71. The molecule has 21 heavy (non-hydrogen) atoms. The number of hydrogen-bond acceptors (Lipinski definition) is 1. The van der Waals surface area contributed by atoms with Crippen LogP contribution in [0.5, 0.6) is 0 Å². The van der Waals surface area contributed by atoms with Gasteiger partial charge in [0, 0.05) is 5.16 Å². The van der Waals surface area contributed by atoms with Gasteiger partial charge >= 0.3 is 7.48 Å². The minimum atomic E-state index is -0.164. The molecule has 0 saturated heterocycles. The van der Waals surface area contributed by atoms with Crippen molar-refractivity contribution in [3.63, 3.8) is 0 Å². The molecule has 1 unspecified atom stereocenters. The summed E-state index contributed by atoms with van der Waals surface area (Å²) in [5.41, 5.74) is 4.49. The minimum Gasteiger partial charge on any atom is -0.429 e. The van der Waals surface area contributed by atoms with E-state index in [1.165, 1.54) is 35.9 Å². The van der Waals surface area contributed by atoms with Crippen molar-refractivity contribution in [2.24, 2.45) is 0 Å². The van der Waals surface area contributed by atoms with Crippen molar-refractivity contribution in [2.45, 2.75) is 77.0 Å². The zero-order valence-electron chi connectivity index (χ0n) is 14.5. The standard InChI is InChI=1S/C18H30BOP/c1-16(2)11-7-8-13-9-10-14(12-15(13)16)19-20-17(3,4)18(5,6)21/h9-10,12,19H,7-8,11,21H2,1-6H3. The van der Waals surface area contributed by atoms with Crippen molar-refractivity contribution in [1.29, 1.82) is 0 Å². The highest BCUT2D eigenvalue weighted by Crippen LogP contribution is 2.36. The molecule has 0 bridgehead atoms. The van der Waals surface area contributed by atoms with Crippen molar-refractivity contribution in [1.82, 2.24) is 0 Å². The maximum atomic E-state index is 6.22. The molecule has 1 nitrogen and oxygen atoms in total. The summed E-state index contributed by atoms with van der Waals surface area (Å²) in [5.74, 6) is 0. The molecule has 116 valence electrons. The Balaban J connectivity index is 2.16. The van der Waals surface area contributed by atoms with E-state index in [2.05, 4.69) is 69.0 Å². The number of fused-ring (bicyclic) bond motifs is 1. The van der Waals surface area contributed by atoms with Crippen molar-refractivity contribution in [3.05, 3.63) is 29.3 Å². The van der Waals surface area contributed by atoms with Gasteiger partial charge in [0.15, 0.2) is 0 Å². The molecule has 0 N–H and O–H groups in total. The molecule has 1 aliphatic rings. The highest BCUT2D eigenvalue weighted by atomic mass is 31.0. The number of benzene rings is 1. The number of aryl methyl sites for hydroxylation is 1.